The molecule has 2 aromatic carbocycles. The van der Waals surface area contributed by atoms with Gasteiger partial charge in [-0.1, -0.05) is 11.6 Å². The van der Waals surface area contributed by atoms with Crippen molar-refractivity contribution >= 4 is 28.3 Å². The number of nitrogens with zero attached hydrogens (tertiary/aromatic N) is 3. The molecule has 0 unspecified atom stereocenters. The summed E-state index contributed by atoms with van der Waals surface area (Å²) in [5.41, 5.74) is 1.20. The standard InChI is InChI=1S/C32H27ClFN3O5/c1-18(2)37-16-24(22-8-5-19(34)11-26(22)33)32(39)25(17-37)28(38)12-20-6-7-21(15-36-20)42-29-9-10-35-27-14-31(41-4)30(40-3)13-23(27)29/h5-11,13-18H,12H2,1-4H3. The van der Waals surface area contributed by atoms with Gasteiger partial charge in [0.05, 0.1) is 42.9 Å². The largest absolute Gasteiger partial charge is 0.493 e. The van der Waals surface area contributed by atoms with Gasteiger partial charge >= 0.3 is 0 Å². The minimum atomic E-state index is -0.518. The normalized spacial score (nSPS) is 11.1. The van der Waals surface area contributed by atoms with Gasteiger partial charge in [0, 0.05) is 52.9 Å². The van der Waals surface area contributed by atoms with E-state index in [2.05, 4.69) is 9.97 Å². The third-order valence-electron chi connectivity index (χ3n) is 6.74. The Morgan fingerprint density at radius 3 is 2.38 bits per heavy atom. The maximum Gasteiger partial charge on any atom is 0.200 e. The highest BCUT2D eigenvalue weighted by atomic mass is 35.5. The van der Waals surface area contributed by atoms with Crippen LogP contribution in [0.1, 0.15) is 35.9 Å². The van der Waals surface area contributed by atoms with Crippen LogP contribution in [0, 0.1) is 5.82 Å². The number of methoxy groups -OCH3 is 2. The second-order valence-electron chi connectivity index (χ2n) is 9.80. The van der Waals surface area contributed by atoms with Crippen LogP contribution in [0.2, 0.25) is 5.02 Å². The van der Waals surface area contributed by atoms with Gasteiger partial charge in [0.1, 0.15) is 17.3 Å². The summed E-state index contributed by atoms with van der Waals surface area (Å²) in [6, 6.07) is 12.4. The lowest BCUT2D eigenvalue weighted by Crippen LogP contribution is -2.22. The summed E-state index contributed by atoms with van der Waals surface area (Å²) in [6.45, 7) is 3.85. The summed E-state index contributed by atoms with van der Waals surface area (Å²) >= 11 is 6.25. The van der Waals surface area contributed by atoms with E-state index in [0.717, 1.165) is 11.5 Å². The molecular formula is C32H27ClFN3O5. The molecule has 0 atom stereocenters. The molecule has 42 heavy (non-hydrogen) atoms. The molecule has 0 radical (unpaired) electrons. The highest BCUT2D eigenvalue weighted by molar-refractivity contribution is 6.33. The van der Waals surface area contributed by atoms with Gasteiger partial charge < -0.3 is 18.8 Å². The molecule has 0 saturated carbocycles. The molecule has 5 aromatic rings. The predicted octanol–water partition coefficient (Wildman–Crippen LogP) is 7.07. The molecule has 0 aliphatic rings. The lowest BCUT2D eigenvalue weighted by atomic mass is 10.0. The Bertz CT molecular complexity index is 1850. The average Bonchev–Trinajstić information content (AvgIpc) is 2.97. The van der Waals surface area contributed by atoms with Crippen molar-refractivity contribution in [3.8, 4) is 34.1 Å². The summed E-state index contributed by atoms with van der Waals surface area (Å²) in [5.74, 6) is 1.15. The van der Waals surface area contributed by atoms with Crippen LogP contribution in [0.4, 0.5) is 4.39 Å². The van der Waals surface area contributed by atoms with Gasteiger partial charge in [0.15, 0.2) is 22.7 Å². The number of hydrogen-bond donors (Lipinski definition) is 0. The van der Waals surface area contributed by atoms with Crippen molar-refractivity contribution in [2.75, 3.05) is 14.2 Å². The molecule has 0 aliphatic heterocycles. The number of carbonyl (C=O) groups is 1. The third-order valence-corrected chi connectivity index (χ3v) is 7.05. The summed E-state index contributed by atoms with van der Waals surface area (Å²) < 4.78 is 32.3. The van der Waals surface area contributed by atoms with Crippen LogP contribution in [0.15, 0.2) is 78.1 Å². The topological polar surface area (TPSA) is 92.5 Å². The maximum absolute atomic E-state index is 13.6. The molecule has 3 aromatic heterocycles. The number of Topliss-reactive ketones (excluding diaryl/α,β-unsaturated/α-hetero) is 1. The van der Waals surface area contributed by atoms with E-state index in [1.54, 1.807) is 61.5 Å². The fourth-order valence-corrected chi connectivity index (χ4v) is 4.76. The number of ketones is 1. The quantitative estimate of drug-likeness (QED) is 0.170. The van der Waals surface area contributed by atoms with E-state index in [0.29, 0.717) is 39.8 Å². The number of aromatic nitrogens is 3. The molecule has 8 nitrogen and oxygen atoms in total. The Labute approximate surface area is 246 Å². The molecule has 0 amide bonds. The fourth-order valence-electron chi connectivity index (χ4n) is 4.49. The van der Waals surface area contributed by atoms with Crippen LogP contribution >= 0.6 is 11.6 Å². The highest BCUT2D eigenvalue weighted by Gasteiger charge is 2.20. The first-order valence-corrected chi connectivity index (χ1v) is 13.4. The first-order chi connectivity index (χ1) is 20.2. The first-order valence-electron chi connectivity index (χ1n) is 13.1. The average molecular weight is 588 g/mol. The SMILES string of the molecule is COc1cc2nccc(Oc3ccc(CC(=O)c4cn(C(C)C)cc(-c5ccc(F)cc5Cl)c4=O)nc3)c2cc1OC. The van der Waals surface area contributed by atoms with Crippen LogP contribution in [-0.4, -0.2) is 34.5 Å². The molecule has 0 spiro atoms. The smallest absolute Gasteiger partial charge is 0.200 e. The van der Waals surface area contributed by atoms with Crippen molar-refractivity contribution in [1.82, 2.24) is 14.5 Å². The van der Waals surface area contributed by atoms with Crippen molar-refractivity contribution < 1.29 is 23.4 Å². The van der Waals surface area contributed by atoms with Crippen LogP contribution in [-0.2, 0) is 6.42 Å². The lowest BCUT2D eigenvalue weighted by molar-refractivity contribution is 0.0990. The zero-order valence-corrected chi connectivity index (χ0v) is 24.1. The number of ether oxygens (including phenoxy) is 3. The zero-order chi connectivity index (χ0) is 30.0. The fraction of sp³-hybridized carbons (Fsp3) is 0.188. The molecule has 3 heterocycles. The van der Waals surface area contributed by atoms with E-state index >= 15 is 0 Å². The van der Waals surface area contributed by atoms with E-state index in [-0.39, 0.29) is 28.6 Å². The Morgan fingerprint density at radius 2 is 1.71 bits per heavy atom. The number of hydrogen-bond acceptors (Lipinski definition) is 7. The molecule has 0 N–H and O–H groups in total. The first kappa shape index (κ1) is 28.8. The Hall–Kier alpha value is -4.76. The number of halogens is 2. The summed E-state index contributed by atoms with van der Waals surface area (Å²) in [5, 5.41) is 0.806. The summed E-state index contributed by atoms with van der Waals surface area (Å²) in [6.07, 6.45) is 6.19. The molecule has 214 valence electrons. The van der Waals surface area contributed by atoms with Gasteiger partial charge in [-0.05, 0) is 56.3 Å². The van der Waals surface area contributed by atoms with Gasteiger partial charge in [-0.3, -0.25) is 19.6 Å². The van der Waals surface area contributed by atoms with Gasteiger partial charge in [-0.15, -0.1) is 0 Å². The van der Waals surface area contributed by atoms with Crippen LogP contribution < -0.4 is 19.6 Å². The van der Waals surface area contributed by atoms with Crippen molar-refractivity contribution in [2.24, 2.45) is 0 Å². The molecule has 10 heteroatoms. The van der Waals surface area contributed by atoms with E-state index in [1.165, 1.54) is 24.5 Å². The van der Waals surface area contributed by atoms with Crippen LogP contribution in [0.5, 0.6) is 23.0 Å². The molecular weight excluding hydrogens is 561 g/mol. The summed E-state index contributed by atoms with van der Waals surface area (Å²) in [7, 11) is 3.11. The predicted molar refractivity (Wildman–Crippen MR) is 159 cm³/mol. The molecule has 0 aliphatic carbocycles. The number of benzene rings is 2. The maximum atomic E-state index is 13.6. The van der Waals surface area contributed by atoms with Gasteiger partial charge in [0.25, 0.3) is 0 Å². The number of fused-ring (bicyclic) bond motifs is 1. The zero-order valence-electron chi connectivity index (χ0n) is 23.4. The Balaban J connectivity index is 1.40. The van der Waals surface area contributed by atoms with Crippen LogP contribution in [0.3, 0.4) is 0 Å². The number of rotatable bonds is 9. The van der Waals surface area contributed by atoms with Gasteiger partial charge in [-0.25, -0.2) is 4.39 Å². The number of carbonyl (C=O) groups excluding carboxylic acids is 1. The Morgan fingerprint density at radius 1 is 0.952 bits per heavy atom. The minimum absolute atomic E-state index is 0.00338. The van der Waals surface area contributed by atoms with Crippen molar-refractivity contribution in [2.45, 2.75) is 26.3 Å². The van der Waals surface area contributed by atoms with E-state index < -0.39 is 17.0 Å². The van der Waals surface area contributed by atoms with Crippen molar-refractivity contribution in [3.05, 3.63) is 106 Å². The van der Waals surface area contributed by atoms with E-state index in [4.69, 9.17) is 25.8 Å². The van der Waals surface area contributed by atoms with Gasteiger partial charge in [-0.2, -0.15) is 0 Å². The monoisotopic (exact) mass is 587 g/mol. The van der Waals surface area contributed by atoms with Crippen LogP contribution in [0.25, 0.3) is 22.0 Å². The summed E-state index contributed by atoms with van der Waals surface area (Å²) in [4.78, 5) is 35.6. The molecule has 0 bridgehead atoms. The van der Waals surface area contributed by atoms with Crippen molar-refractivity contribution in [1.29, 1.82) is 0 Å². The second kappa shape index (κ2) is 12.0. The molecule has 0 saturated heterocycles. The third kappa shape index (κ3) is 5.82. The van der Waals surface area contributed by atoms with Crippen molar-refractivity contribution in [3.63, 3.8) is 0 Å². The minimum Gasteiger partial charge on any atom is -0.493 e. The highest BCUT2D eigenvalue weighted by Crippen LogP contribution is 2.36. The van der Waals surface area contributed by atoms with Gasteiger partial charge in [0.2, 0.25) is 0 Å². The molecule has 0 fully saturated rings. The Kier molecular flexibility index (Phi) is 8.22. The second-order valence-corrected chi connectivity index (χ2v) is 10.2. The van der Waals surface area contributed by atoms with E-state index in [1.807, 2.05) is 13.8 Å². The number of pyridine rings is 3. The molecule has 5 rings (SSSR count). The van der Waals surface area contributed by atoms with E-state index in [9.17, 15) is 14.0 Å². The lowest BCUT2D eigenvalue weighted by Gasteiger charge is -2.15.